The van der Waals surface area contributed by atoms with Gasteiger partial charge in [0.1, 0.15) is 5.75 Å². The van der Waals surface area contributed by atoms with Gasteiger partial charge in [-0.3, -0.25) is 0 Å². The van der Waals surface area contributed by atoms with E-state index in [2.05, 4.69) is 44.3 Å². The third kappa shape index (κ3) is 4.24. The molecule has 0 heterocycles. The van der Waals surface area contributed by atoms with Gasteiger partial charge >= 0.3 is 0 Å². The molecule has 1 atom stereocenters. The third-order valence-corrected chi connectivity index (χ3v) is 4.11. The molecule has 1 aliphatic carbocycles. The second-order valence-corrected chi connectivity index (χ2v) is 6.21. The maximum absolute atomic E-state index is 5.50. The van der Waals surface area contributed by atoms with Gasteiger partial charge in [-0.15, -0.1) is 0 Å². The SMILES string of the molecule is COc1ccc(C)cc1CC(CNC1CC1)C(C)C. The third-order valence-electron chi connectivity index (χ3n) is 4.11. The molecule has 0 amide bonds. The van der Waals surface area contributed by atoms with Crippen LogP contribution in [0.2, 0.25) is 0 Å². The zero-order valence-corrected chi connectivity index (χ0v) is 12.7. The van der Waals surface area contributed by atoms with Crippen LogP contribution in [0.3, 0.4) is 0 Å². The van der Waals surface area contributed by atoms with E-state index in [1.165, 1.54) is 24.0 Å². The molecule has 2 nitrogen and oxygen atoms in total. The summed E-state index contributed by atoms with van der Waals surface area (Å²) < 4.78 is 5.50. The monoisotopic (exact) mass is 261 g/mol. The molecule has 0 radical (unpaired) electrons. The van der Waals surface area contributed by atoms with Gasteiger partial charge in [0, 0.05) is 6.04 Å². The van der Waals surface area contributed by atoms with Crippen molar-refractivity contribution in [1.29, 1.82) is 0 Å². The van der Waals surface area contributed by atoms with E-state index in [1.807, 2.05) is 0 Å². The minimum Gasteiger partial charge on any atom is -0.496 e. The van der Waals surface area contributed by atoms with Gasteiger partial charge in [-0.25, -0.2) is 0 Å². The first-order valence-electron chi connectivity index (χ1n) is 7.47. The van der Waals surface area contributed by atoms with Gasteiger partial charge in [0.2, 0.25) is 0 Å². The molecule has 1 saturated carbocycles. The molecule has 1 aromatic carbocycles. The van der Waals surface area contributed by atoms with Crippen LogP contribution in [0.1, 0.15) is 37.8 Å². The van der Waals surface area contributed by atoms with Gasteiger partial charge in [0.05, 0.1) is 7.11 Å². The summed E-state index contributed by atoms with van der Waals surface area (Å²) in [6, 6.07) is 7.28. The van der Waals surface area contributed by atoms with Crippen LogP contribution in [0.25, 0.3) is 0 Å². The summed E-state index contributed by atoms with van der Waals surface area (Å²) in [7, 11) is 1.76. The van der Waals surface area contributed by atoms with Crippen molar-refractivity contribution in [3.63, 3.8) is 0 Å². The van der Waals surface area contributed by atoms with Crippen molar-refractivity contribution in [3.05, 3.63) is 29.3 Å². The van der Waals surface area contributed by atoms with Crippen LogP contribution in [0.5, 0.6) is 5.75 Å². The molecule has 0 spiro atoms. The van der Waals surface area contributed by atoms with Gasteiger partial charge < -0.3 is 10.1 Å². The Labute approximate surface area is 117 Å². The molecule has 1 fully saturated rings. The number of aryl methyl sites for hydroxylation is 1. The summed E-state index contributed by atoms with van der Waals surface area (Å²) in [5.41, 5.74) is 2.66. The van der Waals surface area contributed by atoms with Crippen LogP contribution < -0.4 is 10.1 Å². The fourth-order valence-electron chi connectivity index (χ4n) is 2.50. The van der Waals surface area contributed by atoms with Gasteiger partial charge in [-0.2, -0.15) is 0 Å². The summed E-state index contributed by atoms with van der Waals surface area (Å²) in [4.78, 5) is 0. The molecule has 1 unspecified atom stereocenters. The predicted octanol–water partition coefficient (Wildman–Crippen LogP) is 3.57. The lowest BCUT2D eigenvalue weighted by Crippen LogP contribution is -2.29. The molecule has 2 rings (SSSR count). The number of benzene rings is 1. The summed E-state index contributed by atoms with van der Waals surface area (Å²) in [5.74, 6) is 2.40. The number of hydrogen-bond acceptors (Lipinski definition) is 2. The Morgan fingerprint density at radius 2 is 2.05 bits per heavy atom. The molecule has 0 aliphatic heterocycles. The van der Waals surface area contributed by atoms with E-state index < -0.39 is 0 Å². The summed E-state index contributed by atoms with van der Waals surface area (Å²) >= 11 is 0. The van der Waals surface area contributed by atoms with E-state index in [0.717, 1.165) is 24.8 Å². The van der Waals surface area contributed by atoms with Gasteiger partial charge in [0.25, 0.3) is 0 Å². The number of rotatable bonds is 7. The normalized spacial score (nSPS) is 16.7. The minimum atomic E-state index is 0.677. The average Bonchev–Trinajstić information content (AvgIpc) is 3.18. The Bertz CT molecular complexity index is 410. The lowest BCUT2D eigenvalue weighted by Gasteiger charge is -2.23. The molecular weight excluding hydrogens is 234 g/mol. The molecule has 0 aromatic heterocycles. The van der Waals surface area contributed by atoms with Gasteiger partial charge in [0.15, 0.2) is 0 Å². The van der Waals surface area contributed by atoms with Crippen LogP contribution in [-0.4, -0.2) is 19.7 Å². The van der Waals surface area contributed by atoms with Gasteiger partial charge in [-0.1, -0.05) is 31.5 Å². The topological polar surface area (TPSA) is 21.3 Å². The lowest BCUT2D eigenvalue weighted by atomic mass is 9.88. The van der Waals surface area contributed by atoms with E-state index >= 15 is 0 Å². The Hall–Kier alpha value is -1.02. The Kier molecular flexibility index (Phi) is 4.87. The second-order valence-electron chi connectivity index (χ2n) is 6.21. The lowest BCUT2D eigenvalue weighted by molar-refractivity contribution is 0.349. The van der Waals surface area contributed by atoms with Crippen molar-refractivity contribution >= 4 is 0 Å². The first-order valence-corrected chi connectivity index (χ1v) is 7.47. The van der Waals surface area contributed by atoms with Crippen molar-refractivity contribution in [3.8, 4) is 5.75 Å². The highest BCUT2D eigenvalue weighted by atomic mass is 16.5. The zero-order chi connectivity index (χ0) is 13.8. The Morgan fingerprint density at radius 3 is 2.63 bits per heavy atom. The average molecular weight is 261 g/mol. The van der Waals surface area contributed by atoms with Crippen molar-refractivity contribution < 1.29 is 4.74 Å². The first kappa shape index (κ1) is 14.4. The fourth-order valence-corrected chi connectivity index (χ4v) is 2.50. The molecular formula is C17H27NO. The molecule has 106 valence electrons. The minimum absolute atomic E-state index is 0.677. The first-order chi connectivity index (χ1) is 9.10. The number of hydrogen-bond donors (Lipinski definition) is 1. The molecule has 1 aromatic rings. The quantitative estimate of drug-likeness (QED) is 0.810. The number of methoxy groups -OCH3 is 1. The Morgan fingerprint density at radius 1 is 1.32 bits per heavy atom. The summed E-state index contributed by atoms with van der Waals surface area (Å²) in [5, 5.41) is 3.67. The van der Waals surface area contributed by atoms with E-state index in [9.17, 15) is 0 Å². The molecule has 19 heavy (non-hydrogen) atoms. The van der Waals surface area contributed by atoms with E-state index in [0.29, 0.717) is 11.8 Å². The van der Waals surface area contributed by atoms with Crippen molar-refractivity contribution in [2.75, 3.05) is 13.7 Å². The van der Waals surface area contributed by atoms with E-state index in [4.69, 9.17) is 4.74 Å². The highest BCUT2D eigenvalue weighted by molar-refractivity contribution is 5.37. The van der Waals surface area contributed by atoms with Crippen LogP contribution in [0, 0.1) is 18.8 Å². The van der Waals surface area contributed by atoms with Crippen LogP contribution in [-0.2, 0) is 6.42 Å². The Balaban J connectivity index is 2.03. The van der Waals surface area contributed by atoms with Crippen molar-refractivity contribution in [2.24, 2.45) is 11.8 Å². The summed E-state index contributed by atoms with van der Waals surface area (Å²) in [6.45, 7) is 7.91. The fraction of sp³-hybridized carbons (Fsp3) is 0.647. The predicted molar refractivity (Wildman–Crippen MR) is 80.8 cm³/mol. The van der Waals surface area contributed by atoms with Crippen LogP contribution in [0.15, 0.2) is 18.2 Å². The smallest absolute Gasteiger partial charge is 0.122 e. The molecule has 0 saturated heterocycles. The second kappa shape index (κ2) is 6.42. The largest absolute Gasteiger partial charge is 0.496 e. The zero-order valence-electron chi connectivity index (χ0n) is 12.7. The number of ether oxygens (including phenoxy) is 1. The van der Waals surface area contributed by atoms with Crippen LogP contribution in [0.4, 0.5) is 0 Å². The molecule has 0 bridgehead atoms. The molecule has 1 N–H and O–H groups in total. The van der Waals surface area contributed by atoms with Crippen molar-refractivity contribution in [2.45, 2.75) is 46.1 Å². The number of nitrogens with one attached hydrogen (secondary N) is 1. The van der Waals surface area contributed by atoms with E-state index in [1.54, 1.807) is 7.11 Å². The molecule has 2 heteroatoms. The highest BCUT2D eigenvalue weighted by Crippen LogP contribution is 2.26. The maximum Gasteiger partial charge on any atom is 0.122 e. The van der Waals surface area contributed by atoms with Crippen molar-refractivity contribution in [1.82, 2.24) is 5.32 Å². The van der Waals surface area contributed by atoms with E-state index in [-0.39, 0.29) is 0 Å². The highest BCUT2D eigenvalue weighted by Gasteiger charge is 2.23. The van der Waals surface area contributed by atoms with Gasteiger partial charge in [-0.05, 0) is 56.2 Å². The maximum atomic E-state index is 5.50. The van der Waals surface area contributed by atoms with Crippen LogP contribution >= 0.6 is 0 Å². The standard InChI is InChI=1S/C17H27NO/c1-12(2)15(11-18-16-6-7-16)10-14-9-13(3)5-8-17(14)19-4/h5,8-9,12,15-16,18H,6-7,10-11H2,1-4H3. The summed E-state index contributed by atoms with van der Waals surface area (Å²) in [6.07, 6.45) is 3.82. The molecule has 1 aliphatic rings.